The van der Waals surface area contributed by atoms with Crippen molar-refractivity contribution in [2.45, 2.75) is 6.92 Å². The smallest absolute Gasteiger partial charge is 0.270 e. The minimum absolute atomic E-state index is 0.0207. The Morgan fingerprint density at radius 3 is 2.60 bits per heavy atom. The number of anilines is 2. The van der Waals surface area contributed by atoms with Crippen LogP contribution in [0.15, 0.2) is 47.4 Å². The van der Waals surface area contributed by atoms with E-state index in [4.69, 9.17) is 17.0 Å². The molecule has 7 nitrogen and oxygen atoms in total. The van der Waals surface area contributed by atoms with Gasteiger partial charge in [0.1, 0.15) is 0 Å². The van der Waals surface area contributed by atoms with Crippen molar-refractivity contribution in [2.75, 3.05) is 36.1 Å². The van der Waals surface area contributed by atoms with Gasteiger partial charge in [-0.15, -0.1) is 0 Å². The Bertz CT molecular complexity index is 1060. The summed E-state index contributed by atoms with van der Waals surface area (Å²) < 4.78 is 5.86. The molecule has 9 heteroatoms. The van der Waals surface area contributed by atoms with Crippen LogP contribution in [-0.4, -0.2) is 41.5 Å². The molecule has 154 valence electrons. The van der Waals surface area contributed by atoms with Gasteiger partial charge in [0.15, 0.2) is 4.32 Å². The maximum Gasteiger partial charge on any atom is 0.270 e. The number of morpholine rings is 1. The summed E-state index contributed by atoms with van der Waals surface area (Å²) in [6, 6.07) is 12.3. The number of thioether (sulfide) groups is 1. The molecule has 1 amide bonds. The first-order valence-corrected chi connectivity index (χ1v) is 10.6. The number of ether oxygens (including phenoxy) is 1. The lowest BCUT2D eigenvalue weighted by Crippen LogP contribution is -2.36. The second-order valence-corrected chi connectivity index (χ2v) is 8.58. The predicted octanol–water partition coefficient (Wildman–Crippen LogP) is 4.15. The van der Waals surface area contributed by atoms with Crippen LogP contribution in [0.1, 0.15) is 11.1 Å². The third kappa shape index (κ3) is 3.96. The van der Waals surface area contributed by atoms with Crippen molar-refractivity contribution < 1.29 is 14.5 Å². The second kappa shape index (κ2) is 8.55. The molecule has 4 rings (SSSR count). The fraction of sp³-hybridized carbons (Fsp3) is 0.238. The fourth-order valence-corrected chi connectivity index (χ4v) is 4.77. The van der Waals surface area contributed by atoms with Crippen molar-refractivity contribution in [3.63, 3.8) is 0 Å². The Labute approximate surface area is 183 Å². The number of carbonyl (C=O) groups is 1. The first-order valence-electron chi connectivity index (χ1n) is 9.40. The van der Waals surface area contributed by atoms with Crippen molar-refractivity contribution in [1.29, 1.82) is 0 Å². The number of nitrogens with zero attached hydrogens (tertiary/aromatic N) is 3. The van der Waals surface area contributed by atoms with Crippen LogP contribution < -0.4 is 9.80 Å². The highest BCUT2D eigenvalue weighted by molar-refractivity contribution is 8.27. The molecule has 0 spiro atoms. The molecule has 2 aromatic rings. The van der Waals surface area contributed by atoms with Crippen LogP contribution in [-0.2, 0) is 9.53 Å². The van der Waals surface area contributed by atoms with Crippen LogP contribution in [0.5, 0.6) is 0 Å². The molecule has 0 unspecified atom stereocenters. The molecule has 0 atom stereocenters. The zero-order valence-corrected chi connectivity index (χ0v) is 17.9. The lowest BCUT2D eigenvalue weighted by atomic mass is 10.1. The van der Waals surface area contributed by atoms with Crippen molar-refractivity contribution in [1.82, 2.24) is 0 Å². The van der Waals surface area contributed by atoms with E-state index in [2.05, 4.69) is 4.90 Å². The zero-order valence-electron chi connectivity index (χ0n) is 16.2. The summed E-state index contributed by atoms with van der Waals surface area (Å²) in [5, 5.41) is 11.3. The molecule has 0 radical (unpaired) electrons. The van der Waals surface area contributed by atoms with Crippen LogP contribution >= 0.6 is 24.0 Å². The van der Waals surface area contributed by atoms with E-state index in [1.54, 1.807) is 12.1 Å². The topological polar surface area (TPSA) is 75.9 Å². The van der Waals surface area contributed by atoms with Gasteiger partial charge in [0.25, 0.3) is 11.6 Å². The number of hydrogen-bond donors (Lipinski definition) is 0. The van der Waals surface area contributed by atoms with Crippen molar-refractivity contribution >= 4 is 57.3 Å². The van der Waals surface area contributed by atoms with Crippen LogP contribution in [0.3, 0.4) is 0 Å². The van der Waals surface area contributed by atoms with Crippen LogP contribution in [0, 0.1) is 17.0 Å². The molecule has 0 aromatic heterocycles. The van der Waals surface area contributed by atoms with Gasteiger partial charge in [-0.25, -0.2) is 0 Å². The summed E-state index contributed by atoms with van der Waals surface area (Å²) in [6.07, 6.45) is 1.70. The van der Waals surface area contributed by atoms with E-state index in [1.807, 2.05) is 31.2 Å². The first kappa shape index (κ1) is 20.5. The van der Waals surface area contributed by atoms with Crippen LogP contribution in [0.25, 0.3) is 6.08 Å². The van der Waals surface area contributed by atoms with Gasteiger partial charge in [-0.05, 0) is 30.7 Å². The van der Waals surface area contributed by atoms with E-state index in [0.717, 1.165) is 16.9 Å². The molecular weight excluding hydrogens is 422 g/mol. The largest absolute Gasteiger partial charge is 0.378 e. The molecule has 0 saturated carbocycles. The highest BCUT2D eigenvalue weighted by Gasteiger charge is 2.34. The molecule has 2 aromatic carbocycles. The maximum absolute atomic E-state index is 13.2. The Kier molecular flexibility index (Phi) is 5.85. The Morgan fingerprint density at radius 2 is 1.90 bits per heavy atom. The number of nitro groups is 1. The summed E-state index contributed by atoms with van der Waals surface area (Å²) in [5.74, 6) is -0.223. The number of nitro benzene ring substituents is 1. The average Bonchev–Trinajstić information content (AvgIpc) is 3.02. The van der Waals surface area contributed by atoms with Crippen molar-refractivity contribution in [3.05, 3.63) is 68.6 Å². The maximum atomic E-state index is 13.2. The van der Waals surface area contributed by atoms with E-state index in [0.29, 0.717) is 41.1 Å². The van der Waals surface area contributed by atoms with Gasteiger partial charge in [0.05, 0.1) is 28.7 Å². The first-order chi connectivity index (χ1) is 14.5. The van der Waals surface area contributed by atoms with Crippen molar-refractivity contribution in [3.8, 4) is 0 Å². The summed E-state index contributed by atoms with van der Waals surface area (Å²) in [6.45, 7) is 4.47. The number of hydrogen-bond acceptors (Lipinski definition) is 7. The van der Waals surface area contributed by atoms with E-state index in [-0.39, 0.29) is 11.6 Å². The number of benzene rings is 2. The zero-order chi connectivity index (χ0) is 21.3. The summed E-state index contributed by atoms with van der Waals surface area (Å²) in [7, 11) is 0. The van der Waals surface area contributed by atoms with Crippen molar-refractivity contribution in [2.24, 2.45) is 0 Å². The summed E-state index contributed by atoms with van der Waals surface area (Å²) in [5.41, 5.74) is 3.13. The van der Waals surface area contributed by atoms with Crippen LogP contribution in [0.2, 0.25) is 0 Å². The van der Waals surface area contributed by atoms with Gasteiger partial charge in [-0.3, -0.25) is 19.8 Å². The average molecular weight is 442 g/mol. The number of rotatable bonds is 4. The number of aryl methyl sites for hydroxylation is 1. The molecule has 2 aliphatic heterocycles. The lowest BCUT2D eigenvalue weighted by molar-refractivity contribution is -0.384. The molecule has 2 aliphatic rings. The minimum atomic E-state index is -0.432. The molecule has 2 fully saturated rings. The molecule has 0 bridgehead atoms. The molecule has 0 N–H and O–H groups in total. The van der Waals surface area contributed by atoms with E-state index in [9.17, 15) is 14.9 Å². The summed E-state index contributed by atoms with van der Waals surface area (Å²) >= 11 is 6.68. The fourth-order valence-electron chi connectivity index (χ4n) is 3.49. The molecule has 2 heterocycles. The quantitative estimate of drug-likeness (QED) is 0.305. The number of thiocarbonyl (C=S) groups is 1. The molecule has 0 aliphatic carbocycles. The summed E-state index contributed by atoms with van der Waals surface area (Å²) in [4.78, 5) is 28.1. The normalized spacial score (nSPS) is 18.4. The van der Waals surface area contributed by atoms with Gasteiger partial charge in [0, 0.05) is 36.5 Å². The SMILES string of the molecule is Cc1ccccc1N1C(=O)/C(=C/c2cc([N+](=O)[O-])ccc2N2CCOCC2)SC1=S. The standard InChI is InChI=1S/C21H19N3O4S2/c1-14-4-2-3-5-17(14)23-20(25)19(30-21(23)29)13-15-12-16(24(26)27)6-7-18(15)22-8-10-28-11-9-22/h2-7,12-13H,8-11H2,1H3/b19-13-. The van der Waals surface area contributed by atoms with E-state index < -0.39 is 4.92 Å². The van der Waals surface area contributed by atoms with Gasteiger partial charge in [-0.2, -0.15) is 0 Å². The number of amides is 1. The van der Waals surface area contributed by atoms with E-state index in [1.165, 1.54) is 28.8 Å². The molecular formula is C21H19N3O4S2. The highest BCUT2D eigenvalue weighted by atomic mass is 32.2. The number of non-ortho nitro benzene ring substituents is 1. The Balaban J connectivity index is 1.74. The lowest BCUT2D eigenvalue weighted by Gasteiger charge is -2.30. The van der Waals surface area contributed by atoms with Gasteiger partial charge in [-0.1, -0.05) is 42.2 Å². The monoisotopic (exact) mass is 441 g/mol. The van der Waals surface area contributed by atoms with Gasteiger partial charge < -0.3 is 9.64 Å². The van der Waals surface area contributed by atoms with Gasteiger partial charge >= 0.3 is 0 Å². The molecule has 2 saturated heterocycles. The van der Waals surface area contributed by atoms with Gasteiger partial charge in [0.2, 0.25) is 0 Å². The second-order valence-electron chi connectivity index (χ2n) is 6.90. The third-order valence-electron chi connectivity index (χ3n) is 5.01. The minimum Gasteiger partial charge on any atom is -0.378 e. The number of carbonyl (C=O) groups excluding carboxylic acids is 1. The third-order valence-corrected chi connectivity index (χ3v) is 6.31. The Morgan fingerprint density at radius 1 is 1.17 bits per heavy atom. The van der Waals surface area contributed by atoms with Crippen LogP contribution in [0.4, 0.5) is 17.1 Å². The Hall–Kier alpha value is -2.75. The number of para-hydroxylation sites is 1. The highest BCUT2D eigenvalue weighted by Crippen LogP contribution is 2.39. The predicted molar refractivity (Wildman–Crippen MR) is 123 cm³/mol. The molecule has 30 heavy (non-hydrogen) atoms. The van der Waals surface area contributed by atoms with E-state index >= 15 is 0 Å².